The molecule has 0 saturated carbocycles. The molecule has 0 radical (unpaired) electrons. The average Bonchev–Trinajstić information content (AvgIpc) is 2.75. The van der Waals surface area contributed by atoms with Crippen LogP contribution in [0.15, 0.2) is 59.9 Å². The Morgan fingerprint density at radius 3 is 2.83 bits per heavy atom. The number of piperidine rings is 1. The van der Waals surface area contributed by atoms with Gasteiger partial charge < -0.3 is 9.30 Å². The van der Waals surface area contributed by atoms with Gasteiger partial charge in [0.05, 0.1) is 13.3 Å². The van der Waals surface area contributed by atoms with E-state index in [0.717, 1.165) is 60.7 Å². The summed E-state index contributed by atoms with van der Waals surface area (Å²) in [5, 5.41) is 0. The monoisotopic (exact) mass is 388 g/mol. The second kappa shape index (κ2) is 7.44. The number of fused-ring (bicyclic) bond motifs is 4. The minimum atomic E-state index is 0.0986. The van der Waals surface area contributed by atoms with Crippen LogP contribution in [0.5, 0.6) is 5.75 Å². The third kappa shape index (κ3) is 3.56. The minimum absolute atomic E-state index is 0.0986. The maximum absolute atomic E-state index is 12.8. The summed E-state index contributed by atoms with van der Waals surface area (Å²) in [7, 11) is 1.67. The van der Waals surface area contributed by atoms with Crippen LogP contribution in [0.2, 0.25) is 0 Å². The van der Waals surface area contributed by atoms with Gasteiger partial charge in [-0.1, -0.05) is 6.07 Å². The molecule has 0 aliphatic carbocycles. The summed E-state index contributed by atoms with van der Waals surface area (Å²) in [4.78, 5) is 23.8. The van der Waals surface area contributed by atoms with Crippen LogP contribution in [-0.2, 0) is 13.1 Å². The normalized spacial score (nSPS) is 20.9. The summed E-state index contributed by atoms with van der Waals surface area (Å²) in [5.41, 5.74) is 4.36. The van der Waals surface area contributed by atoms with Crippen molar-refractivity contribution in [3.63, 3.8) is 0 Å². The van der Waals surface area contributed by atoms with Gasteiger partial charge >= 0.3 is 0 Å². The topological polar surface area (TPSA) is 60.2 Å². The fourth-order valence-corrected chi connectivity index (χ4v) is 4.81. The third-order valence-electron chi connectivity index (χ3n) is 6.04. The molecule has 1 fully saturated rings. The highest BCUT2D eigenvalue weighted by Gasteiger charge is 2.34. The van der Waals surface area contributed by atoms with Crippen LogP contribution in [0, 0.1) is 5.92 Å². The van der Waals surface area contributed by atoms with Gasteiger partial charge in [-0.25, -0.2) is 0 Å². The number of aromatic nitrogens is 3. The molecule has 5 heterocycles. The van der Waals surface area contributed by atoms with E-state index >= 15 is 0 Å². The summed E-state index contributed by atoms with van der Waals surface area (Å²) in [6.07, 6.45) is 8.36. The second-order valence-corrected chi connectivity index (χ2v) is 8.09. The van der Waals surface area contributed by atoms with Crippen LogP contribution in [0.3, 0.4) is 0 Å². The van der Waals surface area contributed by atoms with E-state index in [4.69, 9.17) is 4.74 Å². The Bertz CT molecular complexity index is 1080. The highest BCUT2D eigenvalue weighted by Crippen LogP contribution is 2.37. The SMILES string of the molecule is COc1cncc(CN2C[C@@H]3C[C@H](C2)c2cc(-c4cccnc4)cc(=O)n2C3)c1. The number of hydrogen-bond acceptors (Lipinski definition) is 5. The summed E-state index contributed by atoms with van der Waals surface area (Å²) in [6, 6.07) is 9.91. The number of likely N-dealkylation sites (tertiary alicyclic amines) is 1. The van der Waals surface area contributed by atoms with E-state index in [1.165, 1.54) is 0 Å². The molecule has 3 aromatic rings. The Labute approximate surface area is 169 Å². The minimum Gasteiger partial charge on any atom is -0.495 e. The van der Waals surface area contributed by atoms with Crippen molar-refractivity contribution in [2.24, 2.45) is 5.92 Å². The maximum Gasteiger partial charge on any atom is 0.251 e. The first-order valence-corrected chi connectivity index (χ1v) is 10.0. The molecular formula is C23H24N4O2. The van der Waals surface area contributed by atoms with Crippen LogP contribution < -0.4 is 10.3 Å². The molecular weight excluding hydrogens is 364 g/mol. The van der Waals surface area contributed by atoms with E-state index in [9.17, 15) is 4.79 Å². The van der Waals surface area contributed by atoms with E-state index in [0.29, 0.717) is 11.8 Å². The van der Waals surface area contributed by atoms with Gasteiger partial charge in [-0.15, -0.1) is 0 Å². The average molecular weight is 388 g/mol. The fraction of sp³-hybridized carbons (Fsp3) is 0.348. The zero-order valence-corrected chi connectivity index (χ0v) is 16.5. The first-order valence-electron chi connectivity index (χ1n) is 10.0. The van der Waals surface area contributed by atoms with E-state index in [2.05, 4.69) is 27.0 Å². The Morgan fingerprint density at radius 2 is 2.00 bits per heavy atom. The first-order chi connectivity index (χ1) is 14.2. The molecule has 6 heteroatoms. The molecule has 5 rings (SSSR count). The van der Waals surface area contributed by atoms with Crippen molar-refractivity contribution >= 4 is 0 Å². The summed E-state index contributed by atoms with van der Waals surface area (Å²) in [6.45, 7) is 3.60. The molecule has 0 aromatic carbocycles. The lowest BCUT2D eigenvalue weighted by molar-refractivity contribution is 0.114. The van der Waals surface area contributed by atoms with Crippen molar-refractivity contribution in [2.75, 3.05) is 20.2 Å². The Balaban J connectivity index is 1.43. The van der Waals surface area contributed by atoms with Crippen LogP contribution in [0.25, 0.3) is 11.1 Å². The van der Waals surface area contributed by atoms with Crippen molar-refractivity contribution in [3.8, 4) is 16.9 Å². The molecule has 6 nitrogen and oxygen atoms in total. The maximum atomic E-state index is 12.8. The smallest absolute Gasteiger partial charge is 0.251 e. The van der Waals surface area contributed by atoms with Crippen molar-refractivity contribution in [1.82, 2.24) is 19.4 Å². The Morgan fingerprint density at radius 1 is 1.07 bits per heavy atom. The van der Waals surface area contributed by atoms with Crippen molar-refractivity contribution in [1.29, 1.82) is 0 Å². The molecule has 2 bridgehead atoms. The quantitative estimate of drug-likeness (QED) is 0.688. The summed E-state index contributed by atoms with van der Waals surface area (Å²) in [5.74, 6) is 1.66. The first kappa shape index (κ1) is 18.1. The van der Waals surface area contributed by atoms with Crippen LogP contribution in [0.1, 0.15) is 23.6 Å². The second-order valence-electron chi connectivity index (χ2n) is 8.09. The molecule has 2 aliphatic heterocycles. The van der Waals surface area contributed by atoms with Gasteiger partial charge in [-0.05, 0) is 41.7 Å². The number of rotatable bonds is 4. The lowest BCUT2D eigenvalue weighted by Gasteiger charge is -2.43. The predicted octanol–water partition coefficient (Wildman–Crippen LogP) is 2.93. The fourth-order valence-electron chi connectivity index (χ4n) is 4.81. The van der Waals surface area contributed by atoms with E-state index < -0.39 is 0 Å². The molecule has 0 amide bonds. The molecule has 0 unspecified atom stereocenters. The molecule has 3 aromatic heterocycles. The van der Waals surface area contributed by atoms with Gasteiger partial charge in [0.1, 0.15) is 5.75 Å². The Kier molecular flexibility index (Phi) is 4.64. The lowest BCUT2D eigenvalue weighted by atomic mass is 9.82. The largest absolute Gasteiger partial charge is 0.495 e. The molecule has 148 valence electrons. The highest BCUT2D eigenvalue weighted by atomic mass is 16.5. The van der Waals surface area contributed by atoms with Gasteiger partial charge in [0.25, 0.3) is 5.56 Å². The third-order valence-corrected chi connectivity index (χ3v) is 6.04. The van der Waals surface area contributed by atoms with Gasteiger partial charge in [-0.2, -0.15) is 0 Å². The van der Waals surface area contributed by atoms with Crippen molar-refractivity contribution in [2.45, 2.75) is 25.4 Å². The van der Waals surface area contributed by atoms with Crippen LogP contribution in [-0.4, -0.2) is 39.6 Å². The van der Waals surface area contributed by atoms with Gasteiger partial charge in [0.2, 0.25) is 0 Å². The van der Waals surface area contributed by atoms with Gasteiger partial charge in [-0.3, -0.25) is 19.7 Å². The van der Waals surface area contributed by atoms with Crippen molar-refractivity contribution in [3.05, 3.63) is 76.7 Å². The van der Waals surface area contributed by atoms with E-state index in [1.807, 2.05) is 29.1 Å². The predicted molar refractivity (Wildman–Crippen MR) is 111 cm³/mol. The zero-order chi connectivity index (χ0) is 19.8. The summed E-state index contributed by atoms with van der Waals surface area (Å²) >= 11 is 0. The molecule has 0 N–H and O–H groups in total. The lowest BCUT2D eigenvalue weighted by Crippen LogP contribution is -2.46. The number of methoxy groups -OCH3 is 1. The molecule has 2 atom stereocenters. The zero-order valence-electron chi connectivity index (χ0n) is 16.5. The number of nitrogens with zero attached hydrogens (tertiary/aromatic N) is 4. The molecule has 2 aliphatic rings. The van der Waals surface area contributed by atoms with Crippen molar-refractivity contribution < 1.29 is 4.74 Å². The number of ether oxygens (including phenoxy) is 1. The molecule has 1 saturated heterocycles. The van der Waals surface area contributed by atoms with E-state index in [-0.39, 0.29) is 5.56 Å². The van der Waals surface area contributed by atoms with Gasteiger partial charge in [0, 0.05) is 68.0 Å². The number of pyridine rings is 3. The van der Waals surface area contributed by atoms with Gasteiger partial charge in [0.15, 0.2) is 0 Å². The molecule has 0 spiro atoms. The number of hydrogen-bond donors (Lipinski definition) is 0. The summed E-state index contributed by atoms with van der Waals surface area (Å²) < 4.78 is 7.30. The highest BCUT2D eigenvalue weighted by molar-refractivity contribution is 5.62. The van der Waals surface area contributed by atoms with E-state index in [1.54, 1.807) is 25.6 Å². The standard InChI is InChI=1S/C23H24N4O2/c1-29-21-6-16(9-25-11-21)12-26-13-17-5-20(15-26)22-7-19(8-23(28)27(22)14-17)18-3-2-4-24-10-18/h2-4,6-11,17,20H,5,12-15H2,1H3/t17-,20+/m0/s1. The molecule has 29 heavy (non-hydrogen) atoms. The van der Waals surface area contributed by atoms with Crippen LogP contribution in [0.4, 0.5) is 0 Å². The Hall–Kier alpha value is -2.99. The van der Waals surface area contributed by atoms with Crippen LogP contribution >= 0.6 is 0 Å².